The second-order valence-electron chi connectivity index (χ2n) is 5.15. The number of nitrogens with zero attached hydrogens (tertiary/aromatic N) is 2. The summed E-state index contributed by atoms with van der Waals surface area (Å²) < 4.78 is 0. The van der Waals surface area contributed by atoms with E-state index in [4.69, 9.17) is 0 Å². The van der Waals surface area contributed by atoms with Gasteiger partial charge in [-0.15, -0.1) is 0 Å². The summed E-state index contributed by atoms with van der Waals surface area (Å²) in [6.45, 7) is 5.89. The molecule has 0 spiro atoms. The normalized spacial score (nSPS) is 35.1. The molecule has 2 fully saturated rings. The Morgan fingerprint density at radius 3 is 2.64 bits per heavy atom. The zero-order valence-electron chi connectivity index (χ0n) is 9.66. The van der Waals surface area contributed by atoms with Crippen LogP contribution in [0.25, 0.3) is 0 Å². The number of likely N-dealkylation sites (N-methyl/N-ethyl adjacent to an activating group) is 1. The summed E-state index contributed by atoms with van der Waals surface area (Å²) in [5.41, 5.74) is 0. The van der Waals surface area contributed by atoms with Gasteiger partial charge in [0, 0.05) is 37.8 Å². The highest BCUT2D eigenvalue weighted by Crippen LogP contribution is 2.29. The van der Waals surface area contributed by atoms with Crippen molar-refractivity contribution in [3.05, 3.63) is 0 Å². The van der Waals surface area contributed by atoms with Crippen LogP contribution in [0, 0.1) is 0 Å². The molecule has 82 valence electrons. The molecule has 0 radical (unpaired) electrons. The Kier molecular flexibility index (Phi) is 3.10. The maximum atomic E-state index is 3.58. The van der Waals surface area contributed by atoms with Crippen LogP contribution in [0.4, 0.5) is 0 Å². The van der Waals surface area contributed by atoms with Gasteiger partial charge in [0.15, 0.2) is 0 Å². The topological polar surface area (TPSA) is 18.5 Å². The van der Waals surface area contributed by atoms with E-state index in [1.165, 1.54) is 25.9 Å². The van der Waals surface area contributed by atoms with E-state index < -0.39 is 0 Å². The molecule has 0 amide bonds. The highest BCUT2D eigenvalue weighted by atomic mass is 15.3. The zero-order valence-corrected chi connectivity index (χ0v) is 9.66. The third-order valence-corrected chi connectivity index (χ3v) is 3.25. The largest absolute Gasteiger partial charge is 0.311 e. The molecule has 1 aliphatic carbocycles. The zero-order chi connectivity index (χ0) is 10.1. The molecule has 0 aromatic rings. The van der Waals surface area contributed by atoms with Gasteiger partial charge in [0.05, 0.1) is 0 Å². The summed E-state index contributed by atoms with van der Waals surface area (Å²) >= 11 is 0. The number of piperazine rings is 1. The molecule has 0 bridgehead atoms. The van der Waals surface area contributed by atoms with Crippen LogP contribution in [0.3, 0.4) is 0 Å². The van der Waals surface area contributed by atoms with Crippen LogP contribution >= 0.6 is 0 Å². The van der Waals surface area contributed by atoms with Crippen LogP contribution in [0.2, 0.25) is 0 Å². The number of hydrogen-bond acceptors (Lipinski definition) is 3. The van der Waals surface area contributed by atoms with E-state index in [1.54, 1.807) is 0 Å². The van der Waals surface area contributed by atoms with Gasteiger partial charge in [0.1, 0.15) is 0 Å². The fourth-order valence-electron chi connectivity index (χ4n) is 2.43. The first-order valence-electron chi connectivity index (χ1n) is 5.80. The summed E-state index contributed by atoms with van der Waals surface area (Å²) in [6, 6.07) is 2.31. The molecule has 14 heavy (non-hydrogen) atoms. The lowest BCUT2D eigenvalue weighted by atomic mass is 10.1. The van der Waals surface area contributed by atoms with Gasteiger partial charge in [-0.2, -0.15) is 0 Å². The third-order valence-electron chi connectivity index (χ3n) is 3.25. The minimum absolute atomic E-state index is 0.675. The summed E-state index contributed by atoms with van der Waals surface area (Å²) in [5, 5.41) is 3.58. The van der Waals surface area contributed by atoms with Crippen molar-refractivity contribution in [3.63, 3.8) is 0 Å². The van der Waals surface area contributed by atoms with Crippen LogP contribution in [0.5, 0.6) is 0 Å². The average molecular weight is 197 g/mol. The van der Waals surface area contributed by atoms with Gasteiger partial charge in [-0.3, -0.25) is 4.90 Å². The highest BCUT2D eigenvalue weighted by molar-refractivity contribution is 4.94. The quantitative estimate of drug-likeness (QED) is 0.705. The summed E-state index contributed by atoms with van der Waals surface area (Å²) in [4.78, 5) is 5.03. The van der Waals surface area contributed by atoms with Crippen LogP contribution in [-0.4, -0.2) is 61.7 Å². The lowest BCUT2D eigenvalue weighted by Crippen LogP contribution is -2.58. The molecule has 3 nitrogen and oxygen atoms in total. The lowest BCUT2D eigenvalue weighted by Gasteiger charge is -2.40. The van der Waals surface area contributed by atoms with Crippen molar-refractivity contribution in [1.29, 1.82) is 0 Å². The van der Waals surface area contributed by atoms with Gasteiger partial charge in [0.2, 0.25) is 0 Å². The SMILES string of the molecule is CC1CN(C2CC2)C(CN(C)C)CN1. The molecule has 2 rings (SSSR count). The maximum Gasteiger partial charge on any atom is 0.0351 e. The van der Waals surface area contributed by atoms with Crippen molar-refractivity contribution >= 4 is 0 Å². The van der Waals surface area contributed by atoms with Crippen LogP contribution in [0.15, 0.2) is 0 Å². The van der Waals surface area contributed by atoms with E-state index in [1.807, 2.05) is 0 Å². The highest BCUT2D eigenvalue weighted by Gasteiger charge is 2.36. The molecular formula is C11H23N3. The first kappa shape index (κ1) is 10.4. The van der Waals surface area contributed by atoms with Crippen molar-refractivity contribution in [2.24, 2.45) is 0 Å². The Morgan fingerprint density at radius 2 is 2.07 bits per heavy atom. The van der Waals surface area contributed by atoms with Gasteiger partial charge < -0.3 is 10.2 Å². The van der Waals surface area contributed by atoms with Gasteiger partial charge in [-0.05, 0) is 33.9 Å². The van der Waals surface area contributed by atoms with E-state index in [0.717, 1.165) is 18.6 Å². The van der Waals surface area contributed by atoms with E-state index in [2.05, 4.69) is 36.1 Å². The minimum Gasteiger partial charge on any atom is -0.311 e. The van der Waals surface area contributed by atoms with Gasteiger partial charge in [-0.1, -0.05) is 0 Å². The van der Waals surface area contributed by atoms with Crippen molar-refractivity contribution in [1.82, 2.24) is 15.1 Å². The first-order valence-corrected chi connectivity index (χ1v) is 5.80. The monoisotopic (exact) mass is 197 g/mol. The number of rotatable bonds is 3. The molecule has 2 unspecified atom stereocenters. The van der Waals surface area contributed by atoms with Crippen molar-refractivity contribution in [3.8, 4) is 0 Å². The molecule has 3 heteroatoms. The van der Waals surface area contributed by atoms with Crippen LogP contribution in [-0.2, 0) is 0 Å². The van der Waals surface area contributed by atoms with Gasteiger partial charge in [0.25, 0.3) is 0 Å². The van der Waals surface area contributed by atoms with E-state index >= 15 is 0 Å². The third kappa shape index (κ3) is 2.47. The maximum absolute atomic E-state index is 3.58. The fraction of sp³-hybridized carbons (Fsp3) is 1.00. The van der Waals surface area contributed by atoms with Gasteiger partial charge in [-0.25, -0.2) is 0 Å². The molecular weight excluding hydrogens is 174 g/mol. The van der Waals surface area contributed by atoms with Crippen molar-refractivity contribution in [2.45, 2.75) is 37.9 Å². The summed E-state index contributed by atoms with van der Waals surface area (Å²) in [5.74, 6) is 0. The summed E-state index contributed by atoms with van der Waals surface area (Å²) in [7, 11) is 4.34. The van der Waals surface area contributed by atoms with Crippen LogP contribution < -0.4 is 5.32 Å². The molecule has 1 saturated carbocycles. The van der Waals surface area contributed by atoms with Crippen molar-refractivity contribution in [2.75, 3.05) is 33.7 Å². The Morgan fingerprint density at radius 1 is 1.36 bits per heavy atom. The number of nitrogens with one attached hydrogen (secondary N) is 1. The molecule has 1 saturated heterocycles. The Bertz CT molecular complexity index is 189. The molecule has 1 heterocycles. The lowest BCUT2D eigenvalue weighted by molar-refractivity contribution is 0.104. The van der Waals surface area contributed by atoms with E-state index in [9.17, 15) is 0 Å². The molecule has 1 aliphatic heterocycles. The van der Waals surface area contributed by atoms with E-state index in [-0.39, 0.29) is 0 Å². The van der Waals surface area contributed by atoms with Crippen LogP contribution in [0.1, 0.15) is 19.8 Å². The Labute approximate surface area is 87.4 Å². The predicted octanol–water partition coefficient (Wildman–Crippen LogP) is 0.373. The minimum atomic E-state index is 0.675. The van der Waals surface area contributed by atoms with Crippen molar-refractivity contribution < 1.29 is 0 Å². The van der Waals surface area contributed by atoms with E-state index in [0.29, 0.717) is 6.04 Å². The molecule has 2 aliphatic rings. The summed E-state index contributed by atoms with van der Waals surface area (Å²) in [6.07, 6.45) is 2.85. The molecule has 1 N–H and O–H groups in total. The Hall–Kier alpha value is -0.120. The molecule has 0 aromatic carbocycles. The smallest absolute Gasteiger partial charge is 0.0351 e. The van der Waals surface area contributed by atoms with Gasteiger partial charge >= 0.3 is 0 Å². The fourth-order valence-corrected chi connectivity index (χ4v) is 2.43. The predicted molar refractivity (Wildman–Crippen MR) is 59.5 cm³/mol. The number of hydrogen-bond donors (Lipinski definition) is 1. The second kappa shape index (κ2) is 4.17. The molecule has 0 aromatic heterocycles. The standard InChI is InChI=1S/C11H23N3/c1-9-7-14(10-4-5-10)11(6-12-9)8-13(2)3/h9-12H,4-8H2,1-3H3. The molecule has 2 atom stereocenters. The first-order chi connectivity index (χ1) is 6.66. The Balaban J connectivity index is 1.91. The second-order valence-corrected chi connectivity index (χ2v) is 5.15. The average Bonchev–Trinajstić information content (AvgIpc) is 2.90.